The summed E-state index contributed by atoms with van der Waals surface area (Å²) in [7, 11) is 1.75. The van der Waals surface area contributed by atoms with Gasteiger partial charge in [-0.1, -0.05) is 44.2 Å². The second-order valence-electron chi connectivity index (χ2n) is 9.31. The molecule has 2 aromatic heterocycles. The highest BCUT2D eigenvalue weighted by Gasteiger charge is 2.27. The maximum Gasteiger partial charge on any atom is 0.264 e. The molecule has 0 radical (unpaired) electrons. The van der Waals surface area contributed by atoms with Crippen LogP contribution in [0.5, 0.6) is 0 Å². The Hall–Kier alpha value is -3.00. The van der Waals surface area contributed by atoms with Crippen molar-refractivity contribution >= 4 is 33.4 Å². The minimum absolute atomic E-state index is 0.0340. The van der Waals surface area contributed by atoms with Crippen LogP contribution in [0, 0.1) is 18.8 Å². The zero-order chi connectivity index (χ0) is 23.7. The van der Waals surface area contributed by atoms with Crippen LogP contribution in [0.25, 0.3) is 10.2 Å². The van der Waals surface area contributed by atoms with E-state index in [1.165, 1.54) is 22.2 Å². The number of carbonyl (C=O) groups is 2. The Morgan fingerprint density at radius 1 is 1.15 bits per heavy atom. The Morgan fingerprint density at radius 3 is 2.48 bits per heavy atom. The molecule has 0 saturated carbocycles. The van der Waals surface area contributed by atoms with Gasteiger partial charge in [0.1, 0.15) is 11.4 Å². The Bertz CT molecular complexity index is 1220. The van der Waals surface area contributed by atoms with Crippen molar-refractivity contribution in [2.45, 2.75) is 40.3 Å². The van der Waals surface area contributed by atoms with Crippen molar-refractivity contribution in [1.29, 1.82) is 0 Å². The minimum Gasteiger partial charge on any atom is -0.341 e. The molecule has 0 aliphatic carbocycles. The molecule has 1 saturated heterocycles. The molecule has 1 aromatic carbocycles. The van der Waals surface area contributed by atoms with Crippen LogP contribution < -0.4 is 5.56 Å². The van der Waals surface area contributed by atoms with Crippen LogP contribution in [0.15, 0.2) is 41.5 Å². The molecule has 7 nitrogen and oxygen atoms in total. The summed E-state index contributed by atoms with van der Waals surface area (Å²) in [6.45, 7) is 7.97. The number of likely N-dealkylation sites (tertiary alicyclic amines) is 1. The summed E-state index contributed by atoms with van der Waals surface area (Å²) in [5.41, 5.74) is 1.39. The summed E-state index contributed by atoms with van der Waals surface area (Å²) in [6, 6.07) is 9.77. The largest absolute Gasteiger partial charge is 0.341 e. The van der Waals surface area contributed by atoms with Gasteiger partial charge in [0.2, 0.25) is 5.91 Å². The quantitative estimate of drug-likeness (QED) is 0.576. The van der Waals surface area contributed by atoms with Gasteiger partial charge in [-0.15, -0.1) is 11.3 Å². The number of benzene rings is 1. The predicted molar refractivity (Wildman–Crippen MR) is 130 cm³/mol. The molecular formula is C25H30N4O3S. The highest BCUT2D eigenvalue weighted by molar-refractivity contribution is 7.20. The first-order chi connectivity index (χ1) is 15.7. The van der Waals surface area contributed by atoms with E-state index in [4.69, 9.17) is 0 Å². The van der Waals surface area contributed by atoms with Crippen LogP contribution in [0.4, 0.5) is 0 Å². The smallest absolute Gasteiger partial charge is 0.264 e. The number of hydrogen-bond acceptors (Lipinski definition) is 5. The molecule has 1 aliphatic heterocycles. The van der Waals surface area contributed by atoms with E-state index in [-0.39, 0.29) is 23.9 Å². The molecule has 33 heavy (non-hydrogen) atoms. The maximum atomic E-state index is 13.2. The first-order valence-corrected chi connectivity index (χ1v) is 12.1. The number of piperidine rings is 1. The van der Waals surface area contributed by atoms with E-state index in [1.807, 2.05) is 35.2 Å². The number of hydrogen-bond donors (Lipinski definition) is 0. The van der Waals surface area contributed by atoms with E-state index in [9.17, 15) is 14.4 Å². The Kier molecular flexibility index (Phi) is 6.65. The van der Waals surface area contributed by atoms with Gasteiger partial charge in [-0.3, -0.25) is 19.0 Å². The summed E-state index contributed by atoms with van der Waals surface area (Å²) < 4.78 is 1.37. The van der Waals surface area contributed by atoms with Crippen LogP contribution in [-0.2, 0) is 17.9 Å². The molecule has 2 atom stereocenters. The van der Waals surface area contributed by atoms with E-state index in [0.717, 1.165) is 25.1 Å². The SMILES string of the molecule is Cc1c(C(=O)N(C)Cc2ccccc2)sc2ncn(CC(=O)N3C[C@@H](C)C[C@H](C)C3)c(=O)c12. The number of carbonyl (C=O) groups excluding carboxylic acids is 2. The number of amides is 2. The number of fused-ring (bicyclic) bond motifs is 1. The molecular weight excluding hydrogens is 436 g/mol. The van der Waals surface area contributed by atoms with Gasteiger partial charge in [-0.25, -0.2) is 4.98 Å². The molecule has 0 bridgehead atoms. The zero-order valence-electron chi connectivity index (χ0n) is 19.6. The van der Waals surface area contributed by atoms with E-state index < -0.39 is 0 Å². The average molecular weight is 467 g/mol. The molecule has 4 rings (SSSR count). The fourth-order valence-electron chi connectivity index (χ4n) is 4.69. The van der Waals surface area contributed by atoms with Gasteiger partial charge in [0.25, 0.3) is 11.5 Å². The summed E-state index contributed by atoms with van der Waals surface area (Å²) in [5, 5.41) is 0.423. The van der Waals surface area contributed by atoms with Crippen LogP contribution in [0.1, 0.15) is 41.1 Å². The topological polar surface area (TPSA) is 75.5 Å². The third-order valence-corrected chi connectivity index (χ3v) is 7.44. The first-order valence-electron chi connectivity index (χ1n) is 11.3. The van der Waals surface area contributed by atoms with Crippen molar-refractivity contribution in [1.82, 2.24) is 19.4 Å². The fraction of sp³-hybridized carbons (Fsp3) is 0.440. The average Bonchev–Trinajstić information content (AvgIpc) is 3.12. The lowest BCUT2D eigenvalue weighted by Crippen LogP contribution is -2.44. The standard InChI is InChI=1S/C25H30N4O3S/c1-16-10-17(2)12-28(11-16)20(30)14-29-15-26-23-21(24(29)31)18(3)22(33-23)25(32)27(4)13-19-8-6-5-7-9-19/h5-9,15-17H,10-14H2,1-4H3/t16-,17-/m0/s1. The minimum atomic E-state index is -0.273. The van der Waals surface area contributed by atoms with Crippen LogP contribution in [-0.4, -0.2) is 51.3 Å². The Morgan fingerprint density at radius 2 is 1.82 bits per heavy atom. The molecule has 0 spiro atoms. The lowest BCUT2D eigenvalue weighted by atomic mass is 9.92. The lowest BCUT2D eigenvalue weighted by Gasteiger charge is -2.35. The summed E-state index contributed by atoms with van der Waals surface area (Å²) in [5.74, 6) is 0.701. The van der Waals surface area contributed by atoms with E-state index in [0.29, 0.717) is 39.0 Å². The molecule has 2 amide bonds. The third-order valence-electron chi connectivity index (χ3n) is 6.25. The molecule has 0 N–H and O–H groups in total. The Labute approximate surface area is 197 Å². The molecule has 1 fully saturated rings. The third kappa shape index (κ3) is 4.85. The van der Waals surface area contributed by atoms with E-state index in [2.05, 4.69) is 18.8 Å². The fourth-order valence-corrected chi connectivity index (χ4v) is 5.82. The number of nitrogens with zero attached hydrogens (tertiary/aromatic N) is 4. The van der Waals surface area contributed by atoms with Crippen LogP contribution in [0.2, 0.25) is 0 Å². The van der Waals surface area contributed by atoms with Crippen LogP contribution >= 0.6 is 11.3 Å². The van der Waals surface area contributed by atoms with Crippen molar-refractivity contribution in [2.24, 2.45) is 11.8 Å². The highest BCUT2D eigenvalue weighted by atomic mass is 32.1. The number of aryl methyl sites for hydroxylation is 1. The lowest BCUT2D eigenvalue weighted by molar-refractivity contribution is -0.134. The maximum absolute atomic E-state index is 13.2. The van der Waals surface area contributed by atoms with E-state index in [1.54, 1.807) is 18.9 Å². The second kappa shape index (κ2) is 9.47. The molecule has 3 aromatic rings. The van der Waals surface area contributed by atoms with Crippen molar-refractivity contribution < 1.29 is 9.59 Å². The molecule has 174 valence electrons. The van der Waals surface area contributed by atoms with Crippen molar-refractivity contribution in [3.8, 4) is 0 Å². The first kappa shape index (κ1) is 23.2. The Balaban J connectivity index is 1.57. The van der Waals surface area contributed by atoms with Gasteiger partial charge in [0, 0.05) is 26.7 Å². The van der Waals surface area contributed by atoms with Gasteiger partial charge >= 0.3 is 0 Å². The van der Waals surface area contributed by atoms with Crippen molar-refractivity contribution in [3.05, 3.63) is 63.0 Å². The van der Waals surface area contributed by atoms with Gasteiger partial charge in [0.05, 0.1) is 16.6 Å². The molecule has 8 heteroatoms. The van der Waals surface area contributed by atoms with Gasteiger partial charge in [0.15, 0.2) is 0 Å². The molecule has 1 aliphatic rings. The van der Waals surface area contributed by atoms with Crippen molar-refractivity contribution in [2.75, 3.05) is 20.1 Å². The predicted octanol–water partition coefficient (Wildman–Crippen LogP) is 3.54. The number of rotatable bonds is 5. The molecule has 3 heterocycles. The summed E-state index contributed by atoms with van der Waals surface area (Å²) in [6.07, 6.45) is 2.54. The van der Waals surface area contributed by atoms with Gasteiger partial charge in [-0.2, -0.15) is 0 Å². The highest BCUT2D eigenvalue weighted by Crippen LogP contribution is 2.28. The number of aromatic nitrogens is 2. The zero-order valence-corrected chi connectivity index (χ0v) is 20.4. The van der Waals surface area contributed by atoms with Crippen LogP contribution in [0.3, 0.4) is 0 Å². The van der Waals surface area contributed by atoms with Crippen molar-refractivity contribution in [3.63, 3.8) is 0 Å². The summed E-state index contributed by atoms with van der Waals surface area (Å²) >= 11 is 1.23. The van der Waals surface area contributed by atoms with Gasteiger partial charge in [-0.05, 0) is 36.3 Å². The summed E-state index contributed by atoms with van der Waals surface area (Å²) in [4.78, 5) is 48.2. The van der Waals surface area contributed by atoms with Gasteiger partial charge < -0.3 is 9.80 Å². The number of thiophene rings is 1. The monoisotopic (exact) mass is 466 g/mol. The second-order valence-corrected chi connectivity index (χ2v) is 10.3. The van der Waals surface area contributed by atoms with E-state index >= 15 is 0 Å². The normalized spacial score (nSPS) is 18.5. The molecule has 0 unspecified atom stereocenters.